The van der Waals surface area contributed by atoms with Crippen LogP contribution in [0.4, 0.5) is 5.69 Å². The minimum atomic E-state index is -0.0505. The molecule has 3 aromatic carbocycles. The number of fused-ring (bicyclic) bond motifs is 1. The Morgan fingerprint density at radius 3 is 2.40 bits per heavy atom. The lowest BCUT2D eigenvalue weighted by molar-refractivity contribution is -0.116. The van der Waals surface area contributed by atoms with Crippen LogP contribution in [-0.4, -0.2) is 25.1 Å². The molecule has 0 radical (unpaired) electrons. The summed E-state index contributed by atoms with van der Waals surface area (Å²) in [5.74, 6) is 1.41. The summed E-state index contributed by atoms with van der Waals surface area (Å²) < 4.78 is 10.6. The Balaban J connectivity index is 1.59. The molecule has 1 aromatic heterocycles. The zero-order chi connectivity index (χ0) is 20.9. The molecule has 0 aliphatic heterocycles. The summed E-state index contributed by atoms with van der Waals surface area (Å²) in [6, 6.07) is 23.5. The van der Waals surface area contributed by atoms with Gasteiger partial charge in [0.05, 0.1) is 19.9 Å². The molecule has 30 heavy (non-hydrogen) atoms. The first kappa shape index (κ1) is 19.6. The van der Waals surface area contributed by atoms with E-state index >= 15 is 0 Å². The highest BCUT2D eigenvalue weighted by molar-refractivity contribution is 5.94. The molecule has 2 N–H and O–H groups in total. The maximum atomic E-state index is 12.6. The Morgan fingerprint density at radius 1 is 0.900 bits per heavy atom. The van der Waals surface area contributed by atoms with E-state index < -0.39 is 0 Å². The second kappa shape index (κ2) is 8.74. The molecule has 0 fully saturated rings. The standard InChI is InChI=1S/C25H24N2O3/c1-29-18-13-11-17(12-14-18)25-20(19-7-3-4-8-21(19)27-25)15-16-24(28)26-22-9-5-6-10-23(22)30-2/h3-14,27H,15-16H2,1-2H3,(H,26,28). The summed E-state index contributed by atoms with van der Waals surface area (Å²) in [4.78, 5) is 16.2. The summed E-state index contributed by atoms with van der Waals surface area (Å²) in [6.07, 6.45) is 0.982. The van der Waals surface area contributed by atoms with E-state index in [1.165, 1.54) is 0 Å². The number of hydrogen-bond donors (Lipinski definition) is 2. The molecular formula is C25H24N2O3. The lowest BCUT2D eigenvalue weighted by Gasteiger charge is -2.10. The number of benzene rings is 3. The van der Waals surface area contributed by atoms with Gasteiger partial charge >= 0.3 is 0 Å². The van der Waals surface area contributed by atoms with Gasteiger partial charge in [0.1, 0.15) is 11.5 Å². The van der Waals surface area contributed by atoms with Gasteiger partial charge in [-0.15, -0.1) is 0 Å². The van der Waals surface area contributed by atoms with Crippen molar-refractivity contribution in [2.24, 2.45) is 0 Å². The van der Waals surface area contributed by atoms with Crippen LogP contribution >= 0.6 is 0 Å². The third kappa shape index (κ3) is 4.01. The molecule has 0 bridgehead atoms. The van der Waals surface area contributed by atoms with Gasteiger partial charge in [-0.3, -0.25) is 4.79 Å². The first-order valence-corrected chi connectivity index (χ1v) is 9.86. The smallest absolute Gasteiger partial charge is 0.224 e. The van der Waals surface area contributed by atoms with Gasteiger partial charge in [-0.1, -0.05) is 30.3 Å². The summed E-state index contributed by atoms with van der Waals surface area (Å²) in [5, 5.41) is 4.09. The number of amides is 1. The van der Waals surface area contributed by atoms with Gasteiger partial charge in [-0.2, -0.15) is 0 Å². The van der Waals surface area contributed by atoms with Crippen LogP contribution in [0.5, 0.6) is 11.5 Å². The molecule has 4 aromatic rings. The average Bonchev–Trinajstić information content (AvgIpc) is 3.16. The van der Waals surface area contributed by atoms with E-state index in [0.717, 1.165) is 33.5 Å². The fraction of sp³-hybridized carbons (Fsp3) is 0.160. The molecule has 4 rings (SSSR count). The molecule has 1 heterocycles. The van der Waals surface area contributed by atoms with Crippen molar-refractivity contribution in [3.05, 3.63) is 78.4 Å². The molecule has 0 saturated carbocycles. The highest BCUT2D eigenvalue weighted by Crippen LogP contribution is 2.32. The molecule has 1 amide bonds. The van der Waals surface area contributed by atoms with Crippen LogP contribution in [-0.2, 0) is 11.2 Å². The highest BCUT2D eigenvalue weighted by atomic mass is 16.5. The van der Waals surface area contributed by atoms with Crippen molar-refractivity contribution in [1.29, 1.82) is 0 Å². The summed E-state index contributed by atoms with van der Waals surface area (Å²) in [5.41, 5.74) is 4.96. The first-order chi connectivity index (χ1) is 14.7. The van der Waals surface area contributed by atoms with Crippen molar-refractivity contribution >= 4 is 22.5 Å². The predicted octanol–water partition coefficient (Wildman–Crippen LogP) is 5.42. The van der Waals surface area contributed by atoms with Crippen LogP contribution < -0.4 is 14.8 Å². The third-order valence-corrected chi connectivity index (χ3v) is 5.18. The second-order valence-corrected chi connectivity index (χ2v) is 7.00. The number of nitrogens with one attached hydrogen (secondary N) is 2. The predicted molar refractivity (Wildman–Crippen MR) is 120 cm³/mol. The number of aryl methyl sites for hydroxylation is 1. The van der Waals surface area contributed by atoms with Crippen molar-refractivity contribution in [3.63, 3.8) is 0 Å². The van der Waals surface area contributed by atoms with Gasteiger partial charge in [-0.25, -0.2) is 0 Å². The summed E-state index contributed by atoms with van der Waals surface area (Å²) in [7, 11) is 3.25. The van der Waals surface area contributed by atoms with Crippen molar-refractivity contribution in [2.45, 2.75) is 12.8 Å². The lowest BCUT2D eigenvalue weighted by Crippen LogP contribution is -2.13. The van der Waals surface area contributed by atoms with Gasteiger partial charge in [0.25, 0.3) is 0 Å². The van der Waals surface area contributed by atoms with E-state index in [0.29, 0.717) is 24.3 Å². The van der Waals surface area contributed by atoms with Crippen molar-refractivity contribution in [1.82, 2.24) is 4.98 Å². The number of H-pyrrole nitrogens is 1. The SMILES string of the molecule is COc1ccc(-c2[nH]c3ccccc3c2CCC(=O)Nc2ccccc2OC)cc1. The van der Waals surface area contributed by atoms with Crippen LogP contribution in [0.1, 0.15) is 12.0 Å². The number of hydrogen-bond acceptors (Lipinski definition) is 3. The van der Waals surface area contributed by atoms with Gasteiger partial charge in [0, 0.05) is 23.0 Å². The van der Waals surface area contributed by atoms with Crippen molar-refractivity contribution in [2.75, 3.05) is 19.5 Å². The number of methoxy groups -OCH3 is 2. The van der Waals surface area contributed by atoms with Crippen LogP contribution in [0.2, 0.25) is 0 Å². The zero-order valence-corrected chi connectivity index (χ0v) is 17.1. The van der Waals surface area contributed by atoms with Crippen molar-refractivity contribution in [3.8, 4) is 22.8 Å². The number of aromatic nitrogens is 1. The van der Waals surface area contributed by atoms with Gasteiger partial charge in [0.15, 0.2) is 0 Å². The third-order valence-electron chi connectivity index (χ3n) is 5.18. The Morgan fingerprint density at radius 2 is 1.63 bits per heavy atom. The molecule has 0 spiro atoms. The largest absolute Gasteiger partial charge is 0.497 e. The van der Waals surface area contributed by atoms with E-state index in [2.05, 4.69) is 22.4 Å². The number of ether oxygens (including phenoxy) is 2. The zero-order valence-electron chi connectivity index (χ0n) is 17.1. The van der Waals surface area contributed by atoms with Crippen LogP contribution in [0, 0.1) is 0 Å². The molecule has 0 saturated heterocycles. The molecule has 5 heteroatoms. The second-order valence-electron chi connectivity index (χ2n) is 7.00. The normalized spacial score (nSPS) is 10.7. The van der Waals surface area contributed by atoms with E-state index in [1.807, 2.05) is 60.7 Å². The van der Waals surface area contributed by atoms with E-state index in [9.17, 15) is 4.79 Å². The monoisotopic (exact) mass is 400 g/mol. The number of carbonyl (C=O) groups excluding carboxylic acids is 1. The molecule has 0 aliphatic rings. The fourth-order valence-corrected chi connectivity index (χ4v) is 3.66. The lowest BCUT2D eigenvalue weighted by atomic mass is 10.0. The van der Waals surface area contributed by atoms with E-state index in [-0.39, 0.29) is 5.91 Å². The molecule has 152 valence electrons. The Kier molecular flexibility index (Phi) is 5.70. The van der Waals surface area contributed by atoms with E-state index in [4.69, 9.17) is 9.47 Å². The molecular weight excluding hydrogens is 376 g/mol. The van der Waals surface area contributed by atoms with Crippen LogP contribution in [0.15, 0.2) is 72.8 Å². The summed E-state index contributed by atoms with van der Waals surface area (Å²) >= 11 is 0. The number of anilines is 1. The molecule has 0 unspecified atom stereocenters. The van der Waals surface area contributed by atoms with Crippen molar-refractivity contribution < 1.29 is 14.3 Å². The Labute approximate surface area is 175 Å². The number of carbonyl (C=O) groups is 1. The Bertz CT molecular complexity index is 1160. The van der Waals surface area contributed by atoms with Gasteiger partial charge < -0.3 is 19.8 Å². The quantitative estimate of drug-likeness (QED) is 0.435. The maximum Gasteiger partial charge on any atom is 0.224 e. The maximum absolute atomic E-state index is 12.6. The number of aromatic amines is 1. The van der Waals surface area contributed by atoms with Gasteiger partial charge in [0.2, 0.25) is 5.91 Å². The van der Waals surface area contributed by atoms with Gasteiger partial charge in [-0.05, 0) is 60.0 Å². The van der Waals surface area contributed by atoms with E-state index in [1.54, 1.807) is 14.2 Å². The Hall–Kier alpha value is -3.73. The average molecular weight is 400 g/mol. The first-order valence-electron chi connectivity index (χ1n) is 9.86. The molecule has 5 nitrogen and oxygen atoms in total. The summed E-state index contributed by atoms with van der Waals surface area (Å²) in [6.45, 7) is 0. The topological polar surface area (TPSA) is 63.4 Å². The number of para-hydroxylation sites is 3. The van der Waals surface area contributed by atoms with Crippen LogP contribution in [0.25, 0.3) is 22.2 Å². The number of rotatable bonds is 7. The highest BCUT2D eigenvalue weighted by Gasteiger charge is 2.15. The van der Waals surface area contributed by atoms with Crippen LogP contribution in [0.3, 0.4) is 0 Å². The minimum Gasteiger partial charge on any atom is -0.497 e. The molecule has 0 aliphatic carbocycles. The molecule has 0 atom stereocenters. The fourth-order valence-electron chi connectivity index (χ4n) is 3.66. The minimum absolute atomic E-state index is 0.0505.